The van der Waals surface area contributed by atoms with Crippen molar-refractivity contribution >= 4 is 23.2 Å². The van der Waals surface area contributed by atoms with Crippen molar-refractivity contribution in [1.82, 2.24) is 20.4 Å². The van der Waals surface area contributed by atoms with Gasteiger partial charge in [-0.05, 0) is 30.3 Å². The number of nitrogens with one attached hydrogen (secondary N) is 1. The summed E-state index contributed by atoms with van der Waals surface area (Å²) in [6, 6.07) is 12.9. The lowest BCUT2D eigenvalue weighted by Gasteiger charge is -2.06. The molecule has 2 aromatic carbocycles. The minimum atomic E-state index is -0.220. The Hall–Kier alpha value is -3.42. The predicted octanol–water partition coefficient (Wildman–Crippen LogP) is 1.99. The highest BCUT2D eigenvalue weighted by Gasteiger charge is 2.06. The molecule has 1 amide bonds. The van der Waals surface area contributed by atoms with E-state index in [0.717, 1.165) is 11.0 Å². The van der Waals surface area contributed by atoms with Crippen molar-refractivity contribution in [3.8, 4) is 11.5 Å². The number of aromatic nitrogens is 3. The van der Waals surface area contributed by atoms with Crippen LogP contribution in [0, 0.1) is 0 Å². The molecule has 0 bridgehead atoms. The van der Waals surface area contributed by atoms with Gasteiger partial charge in [-0.1, -0.05) is 17.3 Å². The van der Waals surface area contributed by atoms with Gasteiger partial charge in [-0.25, -0.2) is 10.1 Å². The lowest BCUT2D eigenvalue weighted by Crippen LogP contribution is -2.19. The summed E-state index contributed by atoms with van der Waals surface area (Å²) in [5.74, 6) is 1.09. The normalized spacial score (nSPS) is 11.0. The maximum absolute atomic E-state index is 12.0. The van der Waals surface area contributed by atoms with E-state index < -0.39 is 0 Å². The number of benzene rings is 2. The first-order chi connectivity index (χ1) is 12.7. The number of rotatable bonds is 7. The van der Waals surface area contributed by atoms with Crippen LogP contribution in [0.4, 0.5) is 0 Å². The van der Waals surface area contributed by atoms with Gasteiger partial charge in [0.25, 0.3) is 0 Å². The van der Waals surface area contributed by atoms with Crippen molar-refractivity contribution in [2.75, 3.05) is 14.2 Å². The minimum absolute atomic E-state index is 0.220. The van der Waals surface area contributed by atoms with E-state index in [9.17, 15) is 4.79 Å². The fourth-order valence-corrected chi connectivity index (χ4v) is 2.46. The number of hydrazone groups is 1. The largest absolute Gasteiger partial charge is 0.497 e. The summed E-state index contributed by atoms with van der Waals surface area (Å²) in [4.78, 5) is 12.0. The SMILES string of the molecule is COc1ccc(OC)c(C=NNC(=O)CCn2nnc3ccccc32)c1. The van der Waals surface area contributed by atoms with Crippen molar-refractivity contribution in [2.24, 2.45) is 5.10 Å². The van der Waals surface area contributed by atoms with Gasteiger partial charge in [0.15, 0.2) is 0 Å². The average molecular weight is 353 g/mol. The Morgan fingerprint density at radius 1 is 1.23 bits per heavy atom. The Labute approximate surface area is 150 Å². The van der Waals surface area contributed by atoms with E-state index in [1.165, 1.54) is 6.21 Å². The standard InChI is InChI=1S/C18H19N5O3/c1-25-14-7-8-17(26-2)13(11-14)12-19-21-18(24)9-10-23-16-6-4-3-5-15(16)20-22-23/h3-8,11-12H,9-10H2,1-2H3,(H,21,24). The number of carbonyl (C=O) groups is 1. The molecule has 0 fully saturated rings. The van der Waals surface area contributed by atoms with Crippen molar-refractivity contribution in [1.29, 1.82) is 0 Å². The molecule has 0 spiro atoms. The first kappa shape index (κ1) is 17.4. The molecule has 26 heavy (non-hydrogen) atoms. The summed E-state index contributed by atoms with van der Waals surface area (Å²) in [5.41, 5.74) is 4.90. The Morgan fingerprint density at radius 3 is 2.88 bits per heavy atom. The highest BCUT2D eigenvalue weighted by Crippen LogP contribution is 2.22. The van der Waals surface area contributed by atoms with Crippen molar-refractivity contribution in [3.63, 3.8) is 0 Å². The third kappa shape index (κ3) is 3.97. The van der Waals surface area contributed by atoms with Crippen LogP contribution >= 0.6 is 0 Å². The van der Waals surface area contributed by atoms with Gasteiger partial charge in [0, 0.05) is 12.0 Å². The molecule has 1 heterocycles. The Kier molecular flexibility index (Phi) is 5.43. The van der Waals surface area contributed by atoms with Gasteiger partial charge in [-0.15, -0.1) is 5.10 Å². The Morgan fingerprint density at radius 2 is 2.08 bits per heavy atom. The summed E-state index contributed by atoms with van der Waals surface area (Å²) in [6.07, 6.45) is 1.75. The molecule has 1 aromatic heterocycles. The van der Waals surface area contributed by atoms with Gasteiger partial charge in [0.2, 0.25) is 5.91 Å². The highest BCUT2D eigenvalue weighted by molar-refractivity contribution is 5.86. The summed E-state index contributed by atoms with van der Waals surface area (Å²) in [6.45, 7) is 0.421. The van der Waals surface area contributed by atoms with Crippen LogP contribution in [0.25, 0.3) is 11.0 Å². The third-order valence-corrected chi connectivity index (χ3v) is 3.80. The summed E-state index contributed by atoms with van der Waals surface area (Å²) in [7, 11) is 3.15. The van der Waals surface area contributed by atoms with Crippen LogP contribution < -0.4 is 14.9 Å². The van der Waals surface area contributed by atoms with Crippen LogP contribution in [-0.4, -0.2) is 41.3 Å². The molecule has 134 valence electrons. The van der Waals surface area contributed by atoms with Gasteiger partial charge in [-0.2, -0.15) is 5.10 Å². The average Bonchev–Trinajstić information content (AvgIpc) is 3.09. The molecule has 0 radical (unpaired) electrons. The second kappa shape index (κ2) is 8.11. The second-order valence-corrected chi connectivity index (χ2v) is 5.45. The first-order valence-corrected chi connectivity index (χ1v) is 8.03. The van der Waals surface area contributed by atoms with E-state index in [2.05, 4.69) is 20.8 Å². The zero-order chi connectivity index (χ0) is 18.4. The second-order valence-electron chi connectivity index (χ2n) is 5.45. The number of para-hydroxylation sites is 1. The number of ether oxygens (including phenoxy) is 2. The maximum atomic E-state index is 12.0. The molecule has 0 aliphatic heterocycles. The number of carbonyl (C=O) groups excluding carboxylic acids is 1. The molecule has 0 saturated heterocycles. The Balaban J connectivity index is 1.58. The number of aryl methyl sites for hydroxylation is 1. The van der Waals surface area contributed by atoms with Crippen LogP contribution in [0.5, 0.6) is 11.5 Å². The number of amides is 1. The molecule has 0 unspecified atom stereocenters. The van der Waals surface area contributed by atoms with Crippen LogP contribution in [0.3, 0.4) is 0 Å². The molecule has 8 heteroatoms. The lowest BCUT2D eigenvalue weighted by atomic mass is 10.2. The smallest absolute Gasteiger partial charge is 0.241 e. The number of fused-ring (bicyclic) bond motifs is 1. The van der Waals surface area contributed by atoms with Gasteiger partial charge in [-0.3, -0.25) is 4.79 Å². The number of nitrogens with zero attached hydrogens (tertiary/aromatic N) is 4. The van der Waals surface area contributed by atoms with Crippen molar-refractivity contribution < 1.29 is 14.3 Å². The Bertz CT molecular complexity index is 935. The lowest BCUT2D eigenvalue weighted by molar-refractivity contribution is -0.121. The van der Waals surface area contributed by atoms with Crippen LogP contribution in [-0.2, 0) is 11.3 Å². The summed E-state index contributed by atoms with van der Waals surface area (Å²) in [5, 5.41) is 12.1. The fourth-order valence-electron chi connectivity index (χ4n) is 2.46. The van der Waals surface area contributed by atoms with Gasteiger partial charge < -0.3 is 9.47 Å². The van der Waals surface area contributed by atoms with E-state index in [0.29, 0.717) is 23.6 Å². The quantitative estimate of drug-likeness (QED) is 0.518. The molecule has 8 nitrogen and oxygen atoms in total. The predicted molar refractivity (Wildman–Crippen MR) is 97.4 cm³/mol. The van der Waals surface area contributed by atoms with E-state index in [4.69, 9.17) is 9.47 Å². The first-order valence-electron chi connectivity index (χ1n) is 8.03. The van der Waals surface area contributed by atoms with Gasteiger partial charge in [0.1, 0.15) is 17.0 Å². The fraction of sp³-hybridized carbons (Fsp3) is 0.222. The minimum Gasteiger partial charge on any atom is -0.497 e. The van der Waals surface area contributed by atoms with Crippen LogP contribution in [0.2, 0.25) is 0 Å². The molecule has 0 aliphatic carbocycles. The topological polar surface area (TPSA) is 90.6 Å². The molecule has 3 rings (SSSR count). The molecule has 0 atom stereocenters. The van der Waals surface area contributed by atoms with E-state index >= 15 is 0 Å². The van der Waals surface area contributed by atoms with E-state index in [-0.39, 0.29) is 12.3 Å². The van der Waals surface area contributed by atoms with Crippen LogP contribution in [0.1, 0.15) is 12.0 Å². The van der Waals surface area contributed by atoms with Gasteiger partial charge >= 0.3 is 0 Å². The van der Waals surface area contributed by atoms with E-state index in [1.807, 2.05) is 24.3 Å². The summed E-state index contributed by atoms with van der Waals surface area (Å²) >= 11 is 0. The number of hydrogen-bond donors (Lipinski definition) is 1. The molecule has 0 aliphatic rings. The molecule has 0 saturated carbocycles. The van der Waals surface area contributed by atoms with E-state index in [1.54, 1.807) is 37.1 Å². The molecule has 3 aromatic rings. The van der Waals surface area contributed by atoms with Crippen molar-refractivity contribution in [3.05, 3.63) is 48.0 Å². The molecular formula is C18H19N5O3. The zero-order valence-electron chi connectivity index (χ0n) is 14.5. The molecular weight excluding hydrogens is 334 g/mol. The molecule has 1 N–H and O–H groups in total. The van der Waals surface area contributed by atoms with Crippen LogP contribution in [0.15, 0.2) is 47.6 Å². The zero-order valence-corrected chi connectivity index (χ0v) is 14.5. The highest BCUT2D eigenvalue weighted by atomic mass is 16.5. The van der Waals surface area contributed by atoms with Gasteiger partial charge in [0.05, 0.1) is 32.5 Å². The maximum Gasteiger partial charge on any atom is 0.241 e. The summed E-state index contributed by atoms with van der Waals surface area (Å²) < 4.78 is 12.1. The monoisotopic (exact) mass is 353 g/mol. The number of hydrogen-bond acceptors (Lipinski definition) is 6. The third-order valence-electron chi connectivity index (χ3n) is 3.80. The van der Waals surface area contributed by atoms with Crippen molar-refractivity contribution in [2.45, 2.75) is 13.0 Å². The number of methoxy groups -OCH3 is 2.